The lowest BCUT2D eigenvalue weighted by Crippen LogP contribution is -2.50. The normalized spacial score (nSPS) is 24.5. The van der Waals surface area contributed by atoms with Crippen molar-refractivity contribution in [1.29, 1.82) is 0 Å². The van der Waals surface area contributed by atoms with Crippen LogP contribution in [0, 0.1) is 0 Å². The number of carbonyl (C=O) groups is 2. The SMILES string of the molecule is COCC(=O)N1CCC(NC(=O)C2CCCN2)CC1. The van der Waals surface area contributed by atoms with Gasteiger partial charge in [-0.3, -0.25) is 9.59 Å². The summed E-state index contributed by atoms with van der Waals surface area (Å²) in [5.74, 6) is 0.143. The first-order valence-corrected chi connectivity index (χ1v) is 7.01. The smallest absolute Gasteiger partial charge is 0.248 e. The molecule has 0 spiro atoms. The van der Waals surface area contributed by atoms with Crippen LogP contribution < -0.4 is 10.6 Å². The van der Waals surface area contributed by atoms with Gasteiger partial charge in [0.15, 0.2) is 0 Å². The molecule has 1 atom stereocenters. The predicted octanol–water partition coefficient (Wildman–Crippen LogP) is -0.508. The number of methoxy groups -OCH3 is 1. The maximum absolute atomic E-state index is 12.0. The van der Waals surface area contributed by atoms with E-state index in [2.05, 4.69) is 10.6 Å². The number of ether oxygens (including phenoxy) is 1. The maximum Gasteiger partial charge on any atom is 0.248 e. The van der Waals surface area contributed by atoms with Gasteiger partial charge in [-0.2, -0.15) is 0 Å². The Kier molecular flexibility index (Phi) is 5.15. The summed E-state index contributed by atoms with van der Waals surface area (Å²) >= 11 is 0. The second kappa shape index (κ2) is 6.86. The summed E-state index contributed by atoms with van der Waals surface area (Å²) in [6.45, 7) is 2.47. The van der Waals surface area contributed by atoms with Gasteiger partial charge in [0.2, 0.25) is 11.8 Å². The lowest BCUT2D eigenvalue weighted by atomic mass is 10.0. The Labute approximate surface area is 113 Å². The third kappa shape index (κ3) is 3.91. The van der Waals surface area contributed by atoms with Crippen LogP contribution in [0.15, 0.2) is 0 Å². The second-order valence-electron chi connectivity index (χ2n) is 5.25. The van der Waals surface area contributed by atoms with Gasteiger partial charge in [0.05, 0.1) is 6.04 Å². The molecule has 0 bridgehead atoms. The van der Waals surface area contributed by atoms with E-state index in [1.165, 1.54) is 7.11 Å². The number of hydrogen-bond donors (Lipinski definition) is 2. The molecule has 108 valence electrons. The Balaban J connectivity index is 1.71. The molecule has 0 radical (unpaired) electrons. The van der Waals surface area contributed by atoms with Crippen LogP contribution in [0.4, 0.5) is 0 Å². The molecule has 0 aromatic heterocycles. The van der Waals surface area contributed by atoms with Crippen LogP contribution in [-0.2, 0) is 14.3 Å². The first-order valence-electron chi connectivity index (χ1n) is 7.01. The van der Waals surface area contributed by atoms with Gasteiger partial charge in [-0.1, -0.05) is 0 Å². The number of rotatable bonds is 4. The van der Waals surface area contributed by atoms with Crippen LogP contribution >= 0.6 is 0 Å². The highest BCUT2D eigenvalue weighted by molar-refractivity contribution is 5.82. The van der Waals surface area contributed by atoms with E-state index in [1.807, 2.05) is 0 Å². The van der Waals surface area contributed by atoms with Crippen LogP contribution in [0.5, 0.6) is 0 Å². The number of nitrogens with zero attached hydrogens (tertiary/aromatic N) is 1. The molecule has 2 fully saturated rings. The number of amides is 2. The third-order valence-corrected chi connectivity index (χ3v) is 3.84. The second-order valence-corrected chi connectivity index (χ2v) is 5.25. The summed E-state index contributed by atoms with van der Waals surface area (Å²) in [5.41, 5.74) is 0. The minimum absolute atomic E-state index is 0.0202. The minimum Gasteiger partial charge on any atom is -0.375 e. The Morgan fingerprint density at radius 2 is 2.05 bits per heavy atom. The molecule has 2 aliphatic rings. The minimum atomic E-state index is -0.0202. The van der Waals surface area contributed by atoms with Crippen molar-refractivity contribution < 1.29 is 14.3 Å². The molecule has 2 saturated heterocycles. The lowest BCUT2D eigenvalue weighted by molar-refractivity contribution is -0.136. The monoisotopic (exact) mass is 269 g/mol. The van der Waals surface area contributed by atoms with Crippen molar-refractivity contribution in [3.05, 3.63) is 0 Å². The quantitative estimate of drug-likeness (QED) is 0.721. The highest BCUT2D eigenvalue weighted by atomic mass is 16.5. The molecule has 19 heavy (non-hydrogen) atoms. The van der Waals surface area contributed by atoms with E-state index >= 15 is 0 Å². The van der Waals surface area contributed by atoms with Crippen LogP contribution in [0.3, 0.4) is 0 Å². The van der Waals surface area contributed by atoms with Crippen molar-refractivity contribution in [3.63, 3.8) is 0 Å². The Morgan fingerprint density at radius 3 is 2.63 bits per heavy atom. The maximum atomic E-state index is 12.0. The Morgan fingerprint density at radius 1 is 1.32 bits per heavy atom. The zero-order valence-electron chi connectivity index (χ0n) is 11.5. The van der Waals surface area contributed by atoms with E-state index in [9.17, 15) is 9.59 Å². The zero-order valence-corrected chi connectivity index (χ0v) is 11.5. The molecular formula is C13H23N3O3. The fourth-order valence-corrected chi connectivity index (χ4v) is 2.70. The fraction of sp³-hybridized carbons (Fsp3) is 0.846. The average Bonchev–Trinajstić information content (AvgIpc) is 2.94. The fourth-order valence-electron chi connectivity index (χ4n) is 2.70. The van der Waals surface area contributed by atoms with Crippen molar-refractivity contribution in [1.82, 2.24) is 15.5 Å². The van der Waals surface area contributed by atoms with E-state index in [0.29, 0.717) is 13.1 Å². The van der Waals surface area contributed by atoms with Gasteiger partial charge in [0, 0.05) is 26.2 Å². The van der Waals surface area contributed by atoms with Crippen molar-refractivity contribution >= 4 is 11.8 Å². The van der Waals surface area contributed by atoms with E-state index in [0.717, 1.165) is 32.2 Å². The summed E-state index contributed by atoms with van der Waals surface area (Å²) in [5, 5.41) is 6.28. The van der Waals surface area contributed by atoms with Gasteiger partial charge in [-0.25, -0.2) is 0 Å². The molecule has 2 rings (SSSR count). The molecule has 0 aromatic carbocycles. The van der Waals surface area contributed by atoms with Gasteiger partial charge in [-0.05, 0) is 32.2 Å². The Bertz CT molecular complexity index is 321. The summed E-state index contributed by atoms with van der Waals surface area (Å²) in [6.07, 6.45) is 3.65. The van der Waals surface area contributed by atoms with Gasteiger partial charge >= 0.3 is 0 Å². The standard InChI is InChI=1S/C13H23N3O3/c1-19-9-12(17)16-7-4-10(5-8-16)15-13(18)11-3-2-6-14-11/h10-11,14H,2-9H2,1H3,(H,15,18). The van der Waals surface area contributed by atoms with Crippen molar-refractivity contribution in [2.45, 2.75) is 37.8 Å². The number of carbonyl (C=O) groups excluding carboxylic acids is 2. The number of hydrogen-bond acceptors (Lipinski definition) is 4. The molecule has 1 unspecified atom stereocenters. The van der Waals surface area contributed by atoms with Crippen molar-refractivity contribution in [3.8, 4) is 0 Å². The van der Waals surface area contributed by atoms with Gasteiger partial charge in [-0.15, -0.1) is 0 Å². The van der Waals surface area contributed by atoms with Gasteiger partial charge < -0.3 is 20.3 Å². The molecule has 0 aromatic rings. The summed E-state index contributed by atoms with van der Waals surface area (Å²) in [7, 11) is 1.53. The van der Waals surface area contributed by atoms with E-state index in [4.69, 9.17) is 4.74 Å². The highest BCUT2D eigenvalue weighted by Crippen LogP contribution is 2.12. The van der Waals surface area contributed by atoms with E-state index in [1.54, 1.807) is 4.90 Å². The van der Waals surface area contributed by atoms with Crippen LogP contribution in [0.2, 0.25) is 0 Å². The first kappa shape index (κ1) is 14.3. The highest BCUT2D eigenvalue weighted by Gasteiger charge is 2.27. The van der Waals surface area contributed by atoms with Crippen LogP contribution in [0.25, 0.3) is 0 Å². The summed E-state index contributed by atoms with van der Waals surface area (Å²) in [6, 6.07) is 0.176. The van der Waals surface area contributed by atoms with Gasteiger partial charge in [0.25, 0.3) is 0 Å². The molecule has 6 nitrogen and oxygen atoms in total. The average molecular weight is 269 g/mol. The number of nitrogens with one attached hydrogen (secondary N) is 2. The van der Waals surface area contributed by atoms with Gasteiger partial charge in [0.1, 0.15) is 6.61 Å². The van der Waals surface area contributed by atoms with E-state index < -0.39 is 0 Å². The first-order chi connectivity index (χ1) is 9.20. The largest absolute Gasteiger partial charge is 0.375 e. The molecule has 2 N–H and O–H groups in total. The zero-order chi connectivity index (χ0) is 13.7. The number of piperidine rings is 1. The molecular weight excluding hydrogens is 246 g/mol. The van der Waals surface area contributed by atoms with Crippen LogP contribution in [0.1, 0.15) is 25.7 Å². The third-order valence-electron chi connectivity index (χ3n) is 3.84. The topological polar surface area (TPSA) is 70.7 Å². The van der Waals surface area contributed by atoms with Crippen molar-refractivity contribution in [2.24, 2.45) is 0 Å². The Hall–Kier alpha value is -1.14. The molecule has 6 heteroatoms. The molecule has 0 saturated carbocycles. The van der Waals surface area contributed by atoms with Crippen molar-refractivity contribution in [2.75, 3.05) is 33.4 Å². The van der Waals surface area contributed by atoms with E-state index in [-0.39, 0.29) is 30.5 Å². The lowest BCUT2D eigenvalue weighted by Gasteiger charge is -2.32. The van der Waals surface area contributed by atoms with Crippen LogP contribution in [-0.4, -0.2) is 62.1 Å². The summed E-state index contributed by atoms with van der Waals surface area (Å²) in [4.78, 5) is 25.4. The molecule has 2 amide bonds. The molecule has 0 aliphatic carbocycles. The summed E-state index contributed by atoms with van der Waals surface area (Å²) < 4.78 is 4.85. The molecule has 2 heterocycles. The molecule has 2 aliphatic heterocycles. The number of likely N-dealkylation sites (tertiary alicyclic amines) is 1. The predicted molar refractivity (Wildman–Crippen MR) is 70.6 cm³/mol.